The van der Waals surface area contributed by atoms with Crippen LogP contribution in [-0.4, -0.2) is 38.0 Å². The van der Waals surface area contributed by atoms with Gasteiger partial charge in [0.05, 0.1) is 23.2 Å². The van der Waals surface area contributed by atoms with Gasteiger partial charge < -0.3 is 10.6 Å². The molecule has 0 aliphatic rings. The summed E-state index contributed by atoms with van der Waals surface area (Å²) in [5.41, 5.74) is 3.04. The van der Waals surface area contributed by atoms with Crippen LogP contribution in [0.1, 0.15) is 34.3 Å². The maximum absolute atomic E-state index is 12.7. The van der Waals surface area contributed by atoms with Crippen LogP contribution in [0.5, 0.6) is 0 Å². The fraction of sp³-hybridized carbons (Fsp3) is 0.240. The molecule has 0 atom stereocenters. The van der Waals surface area contributed by atoms with Crippen LogP contribution in [0, 0.1) is 6.92 Å². The quantitative estimate of drug-likeness (QED) is 0.462. The normalized spacial score (nSPS) is 11.0. The number of amides is 2. The molecule has 1 heterocycles. The number of pyridine rings is 1. The second-order valence-corrected chi connectivity index (χ2v) is 9.77. The van der Waals surface area contributed by atoms with Crippen LogP contribution < -0.4 is 14.9 Å². The Hall–Kier alpha value is -3.72. The second-order valence-electron chi connectivity index (χ2n) is 7.86. The fourth-order valence-electron chi connectivity index (χ4n) is 3.47. The molecule has 0 fully saturated rings. The molecule has 2 N–H and O–H groups in total. The summed E-state index contributed by atoms with van der Waals surface area (Å²) in [7, 11) is -3.50. The summed E-state index contributed by atoms with van der Waals surface area (Å²) in [6, 6.07) is 17.6. The van der Waals surface area contributed by atoms with E-state index in [1.54, 1.807) is 54.9 Å². The van der Waals surface area contributed by atoms with Gasteiger partial charge in [-0.05, 0) is 48.7 Å². The van der Waals surface area contributed by atoms with E-state index in [1.807, 2.05) is 25.1 Å². The molecule has 1 aromatic heterocycles. The Kier molecular flexibility index (Phi) is 8.37. The predicted molar refractivity (Wildman–Crippen MR) is 133 cm³/mol. The van der Waals surface area contributed by atoms with Crippen LogP contribution >= 0.6 is 0 Å². The number of benzene rings is 2. The molecule has 0 bridgehead atoms. The summed E-state index contributed by atoms with van der Waals surface area (Å²) in [5, 5.41) is 5.60. The summed E-state index contributed by atoms with van der Waals surface area (Å²) < 4.78 is 25.9. The number of aryl methyl sites for hydroxylation is 1. The number of hydrogen-bond acceptors (Lipinski definition) is 5. The first-order valence-corrected chi connectivity index (χ1v) is 12.7. The maximum Gasteiger partial charge on any atom is 0.253 e. The molecule has 0 aliphatic carbocycles. The molecule has 0 unspecified atom stereocenters. The number of nitrogens with zero attached hydrogens (tertiary/aromatic N) is 2. The van der Waals surface area contributed by atoms with E-state index >= 15 is 0 Å². The number of carbonyl (C=O) groups excluding carboxylic acids is 2. The molecule has 34 heavy (non-hydrogen) atoms. The van der Waals surface area contributed by atoms with Crippen LogP contribution in [0.2, 0.25) is 0 Å². The van der Waals surface area contributed by atoms with Crippen LogP contribution in [0.3, 0.4) is 0 Å². The van der Waals surface area contributed by atoms with E-state index in [0.29, 0.717) is 29.9 Å². The van der Waals surface area contributed by atoms with E-state index in [1.165, 1.54) is 4.31 Å². The molecule has 2 amide bonds. The topological polar surface area (TPSA) is 108 Å². The zero-order valence-corrected chi connectivity index (χ0v) is 20.0. The van der Waals surface area contributed by atoms with Crippen molar-refractivity contribution in [1.29, 1.82) is 0 Å². The zero-order chi connectivity index (χ0) is 24.6. The summed E-state index contributed by atoms with van der Waals surface area (Å²) in [5.74, 6) is -0.617. The van der Waals surface area contributed by atoms with E-state index in [0.717, 1.165) is 17.4 Å². The summed E-state index contributed by atoms with van der Waals surface area (Å²) >= 11 is 0. The van der Waals surface area contributed by atoms with Crippen molar-refractivity contribution in [3.05, 3.63) is 89.7 Å². The van der Waals surface area contributed by atoms with Gasteiger partial charge in [-0.25, -0.2) is 8.42 Å². The van der Waals surface area contributed by atoms with Gasteiger partial charge in [0.15, 0.2) is 0 Å². The minimum Gasteiger partial charge on any atom is -0.348 e. The van der Waals surface area contributed by atoms with Crippen LogP contribution in [0.4, 0.5) is 11.4 Å². The molecular formula is C25H28N4O4S. The second kappa shape index (κ2) is 11.4. The molecule has 0 spiro atoms. The number of anilines is 2. The number of para-hydroxylation sites is 2. The Morgan fingerprint density at radius 3 is 2.44 bits per heavy atom. The van der Waals surface area contributed by atoms with E-state index < -0.39 is 10.0 Å². The lowest BCUT2D eigenvalue weighted by Gasteiger charge is -2.24. The first-order chi connectivity index (χ1) is 16.3. The van der Waals surface area contributed by atoms with E-state index in [2.05, 4.69) is 15.6 Å². The first-order valence-electron chi connectivity index (χ1n) is 10.8. The Bertz CT molecular complexity index is 1250. The summed E-state index contributed by atoms with van der Waals surface area (Å²) in [4.78, 5) is 29.3. The zero-order valence-electron chi connectivity index (χ0n) is 19.2. The van der Waals surface area contributed by atoms with Crippen molar-refractivity contribution in [2.75, 3.05) is 22.4 Å². The third-order valence-electron chi connectivity index (χ3n) is 5.17. The number of nitrogens with one attached hydrogen (secondary N) is 2. The smallest absolute Gasteiger partial charge is 0.253 e. The highest BCUT2D eigenvalue weighted by atomic mass is 32.2. The van der Waals surface area contributed by atoms with Crippen molar-refractivity contribution in [1.82, 2.24) is 10.3 Å². The van der Waals surface area contributed by atoms with Crippen molar-refractivity contribution >= 4 is 33.2 Å². The minimum atomic E-state index is -3.50. The fourth-order valence-corrected chi connectivity index (χ4v) is 4.50. The van der Waals surface area contributed by atoms with Gasteiger partial charge in [0.25, 0.3) is 5.91 Å². The lowest BCUT2D eigenvalue weighted by atomic mass is 10.1. The van der Waals surface area contributed by atoms with Gasteiger partial charge in [-0.15, -0.1) is 0 Å². The Morgan fingerprint density at radius 2 is 1.74 bits per heavy atom. The standard InChI is InChI=1S/C25H28N4O4S/c1-19-9-3-6-13-23(19)29(34(2,32)33)16-8-14-24(30)28-22-12-5-4-11-21(22)25(31)27-18-20-10-7-15-26-17-20/h3-7,9-13,15,17H,8,14,16,18H2,1-2H3,(H,27,31)(H,28,30). The average molecular weight is 481 g/mol. The van der Waals surface area contributed by atoms with Gasteiger partial charge in [-0.1, -0.05) is 36.4 Å². The van der Waals surface area contributed by atoms with Crippen molar-refractivity contribution < 1.29 is 18.0 Å². The number of carbonyl (C=O) groups is 2. The van der Waals surface area contributed by atoms with Gasteiger partial charge in [-0.2, -0.15) is 0 Å². The highest BCUT2D eigenvalue weighted by molar-refractivity contribution is 7.92. The number of sulfonamides is 1. The molecule has 0 radical (unpaired) electrons. The minimum absolute atomic E-state index is 0.101. The molecule has 0 saturated carbocycles. The maximum atomic E-state index is 12.7. The number of aromatic nitrogens is 1. The van der Waals surface area contributed by atoms with Gasteiger partial charge in [0.1, 0.15) is 0 Å². The van der Waals surface area contributed by atoms with Crippen LogP contribution in [-0.2, 0) is 21.4 Å². The highest BCUT2D eigenvalue weighted by Gasteiger charge is 2.19. The lowest BCUT2D eigenvalue weighted by Crippen LogP contribution is -2.32. The molecule has 0 saturated heterocycles. The van der Waals surface area contributed by atoms with Gasteiger partial charge in [-0.3, -0.25) is 18.9 Å². The van der Waals surface area contributed by atoms with Crippen molar-refractivity contribution in [3.63, 3.8) is 0 Å². The monoisotopic (exact) mass is 480 g/mol. The molecule has 0 aliphatic heterocycles. The molecule has 3 rings (SSSR count). The van der Waals surface area contributed by atoms with E-state index in [-0.39, 0.29) is 24.8 Å². The Labute approximate surface area is 200 Å². The van der Waals surface area contributed by atoms with Gasteiger partial charge >= 0.3 is 0 Å². The molecular weight excluding hydrogens is 452 g/mol. The Morgan fingerprint density at radius 1 is 1.00 bits per heavy atom. The first kappa shape index (κ1) is 24.9. The average Bonchev–Trinajstić information content (AvgIpc) is 2.81. The molecule has 2 aromatic carbocycles. The third-order valence-corrected chi connectivity index (χ3v) is 6.35. The predicted octanol–water partition coefficient (Wildman–Crippen LogP) is 3.50. The van der Waals surface area contributed by atoms with Gasteiger partial charge in [0, 0.05) is 31.9 Å². The van der Waals surface area contributed by atoms with Crippen molar-refractivity contribution in [2.45, 2.75) is 26.3 Å². The SMILES string of the molecule is Cc1ccccc1N(CCCC(=O)Nc1ccccc1C(=O)NCc1cccnc1)S(C)(=O)=O. The van der Waals surface area contributed by atoms with Crippen molar-refractivity contribution in [2.24, 2.45) is 0 Å². The lowest BCUT2D eigenvalue weighted by molar-refractivity contribution is -0.116. The van der Waals surface area contributed by atoms with Crippen molar-refractivity contribution in [3.8, 4) is 0 Å². The summed E-state index contributed by atoms with van der Waals surface area (Å²) in [6.45, 7) is 2.33. The van der Waals surface area contributed by atoms with E-state index in [4.69, 9.17) is 0 Å². The molecule has 178 valence electrons. The van der Waals surface area contributed by atoms with Crippen LogP contribution in [0.25, 0.3) is 0 Å². The summed E-state index contributed by atoms with van der Waals surface area (Å²) in [6.07, 6.45) is 4.91. The molecule has 9 heteroatoms. The van der Waals surface area contributed by atoms with E-state index in [9.17, 15) is 18.0 Å². The highest BCUT2D eigenvalue weighted by Crippen LogP contribution is 2.23. The molecule has 8 nitrogen and oxygen atoms in total. The number of rotatable bonds is 10. The largest absolute Gasteiger partial charge is 0.348 e. The van der Waals surface area contributed by atoms with Gasteiger partial charge in [0.2, 0.25) is 15.9 Å². The third kappa shape index (κ3) is 6.89. The number of hydrogen-bond donors (Lipinski definition) is 2. The molecule has 3 aromatic rings. The van der Waals surface area contributed by atoms with Crippen LogP contribution in [0.15, 0.2) is 73.1 Å². The Balaban J connectivity index is 1.59.